The average molecular weight is 357 g/mol. The molecule has 1 atom stereocenters. The molecule has 2 fully saturated rings. The zero-order chi connectivity index (χ0) is 18.5. The fourth-order valence-electron chi connectivity index (χ4n) is 3.59. The van der Waals surface area contributed by atoms with Gasteiger partial charge in [-0.3, -0.25) is 9.59 Å². The summed E-state index contributed by atoms with van der Waals surface area (Å²) in [6.45, 7) is 6.28. The number of piperidine rings is 1. The summed E-state index contributed by atoms with van der Waals surface area (Å²) in [5.74, 6) is 0.916. The third-order valence-electron chi connectivity index (χ3n) is 5.48. The summed E-state index contributed by atoms with van der Waals surface area (Å²) in [5, 5.41) is 6.58. The van der Waals surface area contributed by atoms with E-state index in [-0.39, 0.29) is 17.9 Å². The number of nitrogens with one attached hydrogen (secondary N) is 2. The van der Waals surface area contributed by atoms with Crippen LogP contribution in [0.4, 0.5) is 0 Å². The van der Waals surface area contributed by atoms with Gasteiger partial charge in [0.1, 0.15) is 0 Å². The van der Waals surface area contributed by atoms with Crippen LogP contribution in [0.5, 0.6) is 0 Å². The molecule has 0 radical (unpaired) electrons. The minimum atomic E-state index is -0.258. The van der Waals surface area contributed by atoms with Gasteiger partial charge in [-0.05, 0) is 50.6 Å². The van der Waals surface area contributed by atoms with Crippen molar-refractivity contribution in [2.24, 2.45) is 5.92 Å². The SMILES string of the molecule is CC(=O)NC(CC(=O)N1CCC(NCC2CC2)CC1)c1ccc(C)cc1. The maximum absolute atomic E-state index is 12.8. The van der Waals surface area contributed by atoms with E-state index in [9.17, 15) is 9.59 Å². The smallest absolute Gasteiger partial charge is 0.224 e. The maximum Gasteiger partial charge on any atom is 0.224 e. The molecule has 2 aliphatic rings. The van der Waals surface area contributed by atoms with E-state index >= 15 is 0 Å². The summed E-state index contributed by atoms with van der Waals surface area (Å²) in [5.41, 5.74) is 2.16. The molecule has 0 bridgehead atoms. The van der Waals surface area contributed by atoms with Gasteiger partial charge in [0, 0.05) is 26.1 Å². The first-order chi connectivity index (χ1) is 12.5. The van der Waals surface area contributed by atoms with Gasteiger partial charge in [0.15, 0.2) is 0 Å². The fourth-order valence-corrected chi connectivity index (χ4v) is 3.59. The molecule has 26 heavy (non-hydrogen) atoms. The van der Waals surface area contributed by atoms with Crippen molar-refractivity contribution in [3.8, 4) is 0 Å². The molecule has 1 aromatic carbocycles. The van der Waals surface area contributed by atoms with Gasteiger partial charge in [-0.15, -0.1) is 0 Å². The molecule has 1 unspecified atom stereocenters. The Labute approximate surface area is 156 Å². The van der Waals surface area contributed by atoms with E-state index in [1.807, 2.05) is 36.1 Å². The summed E-state index contributed by atoms with van der Waals surface area (Å²) in [6.07, 6.45) is 5.10. The molecule has 1 aliphatic carbocycles. The van der Waals surface area contributed by atoms with Gasteiger partial charge in [0.05, 0.1) is 12.5 Å². The van der Waals surface area contributed by atoms with Crippen molar-refractivity contribution in [3.63, 3.8) is 0 Å². The summed E-state index contributed by atoms with van der Waals surface area (Å²) < 4.78 is 0. The van der Waals surface area contributed by atoms with Gasteiger partial charge in [-0.25, -0.2) is 0 Å². The van der Waals surface area contributed by atoms with Crippen LogP contribution in [-0.4, -0.2) is 42.4 Å². The van der Waals surface area contributed by atoms with Gasteiger partial charge in [0.25, 0.3) is 0 Å². The van der Waals surface area contributed by atoms with Crippen molar-refractivity contribution in [2.45, 2.75) is 58.0 Å². The molecule has 142 valence electrons. The quantitative estimate of drug-likeness (QED) is 0.788. The van der Waals surface area contributed by atoms with Crippen molar-refractivity contribution in [1.82, 2.24) is 15.5 Å². The van der Waals surface area contributed by atoms with E-state index in [0.29, 0.717) is 12.5 Å². The molecular formula is C21H31N3O2. The fraction of sp³-hybridized carbons (Fsp3) is 0.619. The van der Waals surface area contributed by atoms with Gasteiger partial charge in [0.2, 0.25) is 11.8 Å². The summed E-state index contributed by atoms with van der Waals surface area (Å²) >= 11 is 0. The Morgan fingerprint density at radius 3 is 2.35 bits per heavy atom. The Bertz CT molecular complexity index is 617. The summed E-state index contributed by atoms with van der Waals surface area (Å²) in [6, 6.07) is 8.32. The van der Waals surface area contributed by atoms with Crippen LogP contribution in [0.2, 0.25) is 0 Å². The van der Waals surface area contributed by atoms with Crippen LogP contribution in [0.3, 0.4) is 0 Å². The Balaban J connectivity index is 1.52. The second-order valence-electron chi connectivity index (χ2n) is 7.87. The van der Waals surface area contributed by atoms with E-state index in [2.05, 4.69) is 10.6 Å². The molecule has 0 spiro atoms. The van der Waals surface area contributed by atoms with E-state index in [4.69, 9.17) is 0 Å². The Kier molecular flexibility index (Phi) is 6.30. The normalized spacial score (nSPS) is 19.2. The zero-order valence-electron chi connectivity index (χ0n) is 16.0. The number of rotatable bonds is 7. The highest BCUT2D eigenvalue weighted by Crippen LogP contribution is 2.28. The number of aryl methyl sites for hydroxylation is 1. The minimum absolute atomic E-state index is 0.105. The lowest BCUT2D eigenvalue weighted by atomic mass is 10.00. The lowest BCUT2D eigenvalue weighted by Crippen LogP contribution is -2.46. The Morgan fingerprint density at radius 2 is 1.77 bits per heavy atom. The molecule has 1 saturated carbocycles. The molecule has 3 rings (SSSR count). The number of benzene rings is 1. The average Bonchev–Trinajstić information content (AvgIpc) is 3.44. The van der Waals surface area contributed by atoms with Crippen LogP contribution >= 0.6 is 0 Å². The third-order valence-corrected chi connectivity index (χ3v) is 5.48. The molecule has 1 aromatic rings. The first-order valence-electron chi connectivity index (χ1n) is 9.86. The molecule has 1 heterocycles. The molecule has 0 aromatic heterocycles. The number of likely N-dealkylation sites (tertiary alicyclic amines) is 1. The molecule has 1 aliphatic heterocycles. The van der Waals surface area contributed by atoms with Crippen LogP contribution < -0.4 is 10.6 Å². The van der Waals surface area contributed by atoms with E-state index in [1.165, 1.54) is 25.3 Å². The first kappa shape index (κ1) is 18.9. The van der Waals surface area contributed by atoms with Crippen LogP contribution in [0.15, 0.2) is 24.3 Å². The van der Waals surface area contributed by atoms with Crippen molar-refractivity contribution < 1.29 is 9.59 Å². The Hall–Kier alpha value is -1.88. The number of amides is 2. The largest absolute Gasteiger partial charge is 0.349 e. The first-order valence-corrected chi connectivity index (χ1v) is 9.86. The van der Waals surface area contributed by atoms with E-state index in [1.54, 1.807) is 0 Å². The number of carbonyl (C=O) groups excluding carboxylic acids is 2. The Morgan fingerprint density at radius 1 is 1.12 bits per heavy atom. The van der Waals surface area contributed by atoms with E-state index < -0.39 is 0 Å². The molecule has 5 heteroatoms. The van der Waals surface area contributed by atoms with Gasteiger partial charge >= 0.3 is 0 Å². The second kappa shape index (κ2) is 8.67. The number of nitrogens with zero attached hydrogens (tertiary/aromatic N) is 1. The van der Waals surface area contributed by atoms with Gasteiger partial charge < -0.3 is 15.5 Å². The van der Waals surface area contributed by atoms with Crippen LogP contribution in [0.25, 0.3) is 0 Å². The highest BCUT2D eigenvalue weighted by molar-refractivity contribution is 5.79. The maximum atomic E-state index is 12.8. The summed E-state index contributed by atoms with van der Waals surface area (Å²) in [7, 11) is 0. The standard InChI is InChI=1S/C21H31N3O2/c1-15-3-7-18(8-4-15)20(23-16(2)25)13-21(26)24-11-9-19(10-12-24)22-14-17-5-6-17/h3-4,7-8,17,19-20,22H,5-6,9-14H2,1-2H3,(H,23,25). The zero-order valence-corrected chi connectivity index (χ0v) is 16.0. The predicted molar refractivity (Wildman–Crippen MR) is 103 cm³/mol. The second-order valence-corrected chi connectivity index (χ2v) is 7.87. The van der Waals surface area contributed by atoms with Gasteiger partial charge in [-0.1, -0.05) is 29.8 Å². The highest BCUT2D eigenvalue weighted by atomic mass is 16.2. The molecule has 1 saturated heterocycles. The molecule has 5 nitrogen and oxygen atoms in total. The van der Waals surface area contributed by atoms with Gasteiger partial charge in [-0.2, -0.15) is 0 Å². The number of hydrogen-bond acceptors (Lipinski definition) is 3. The lowest BCUT2D eigenvalue weighted by Gasteiger charge is -2.33. The van der Waals surface area contributed by atoms with Crippen LogP contribution in [0, 0.1) is 12.8 Å². The monoisotopic (exact) mass is 357 g/mol. The molecule has 2 amide bonds. The predicted octanol–water partition coefficient (Wildman–Crippen LogP) is 2.55. The molecular weight excluding hydrogens is 326 g/mol. The van der Waals surface area contributed by atoms with Crippen molar-refractivity contribution in [1.29, 1.82) is 0 Å². The van der Waals surface area contributed by atoms with Crippen LogP contribution in [0.1, 0.15) is 56.2 Å². The lowest BCUT2D eigenvalue weighted by molar-refractivity contribution is -0.133. The van der Waals surface area contributed by atoms with Crippen molar-refractivity contribution >= 4 is 11.8 Å². The topological polar surface area (TPSA) is 61.4 Å². The third kappa shape index (κ3) is 5.56. The minimum Gasteiger partial charge on any atom is -0.349 e. The number of carbonyl (C=O) groups is 2. The van der Waals surface area contributed by atoms with E-state index in [0.717, 1.165) is 44.0 Å². The highest BCUT2D eigenvalue weighted by Gasteiger charge is 2.27. The number of hydrogen-bond donors (Lipinski definition) is 2. The molecule has 2 N–H and O–H groups in total. The summed E-state index contributed by atoms with van der Waals surface area (Å²) in [4.78, 5) is 26.3. The van der Waals surface area contributed by atoms with Crippen molar-refractivity contribution in [3.05, 3.63) is 35.4 Å². The van der Waals surface area contributed by atoms with Crippen LogP contribution in [-0.2, 0) is 9.59 Å². The van der Waals surface area contributed by atoms with Crippen molar-refractivity contribution in [2.75, 3.05) is 19.6 Å².